The van der Waals surface area contributed by atoms with Crippen molar-refractivity contribution in [3.63, 3.8) is 0 Å². The number of ketones is 2. The first-order valence-corrected chi connectivity index (χ1v) is 9.36. The number of carbonyl (C=O) groups is 3. The van der Waals surface area contributed by atoms with Gasteiger partial charge in [-0.1, -0.05) is 94.9 Å². The molecule has 1 unspecified atom stereocenters. The fraction of sp³-hybridized carbons (Fsp3) is 0.0500. The molecule has 0 fully saturated rings. The van der Waals surface area contributed by atoms with Gasteiger partial charge in [0.2, 0.25) is 11.6 Å². The minimum atomic E-state index is -2.58. The number of rotatable bonds is 4. The summed E-state index contributed by atoms with van der Waals surface area (Å²) >= 11 is 24.3. The summed E-state index contributed by atoms with van der Waals surface area (Å²) in [5.74, 6) is -2.93. The second-order valence-corrected chi connectivity index (χ2v) is 7.23. The van der Waals surface area contributed by atoms with Crippen LogP contribution in [-0.2, 0) is 9.53 Å². The first-order valence-electron chi connectivity index (χ1n) is 7.85. The molecule has 1 aliphatic carbocycles. The molecular formula is C20H10Cl4O4. The topological polar surface area (TPSA) is 60.4 Å². The van der Waals surface area contributed by atoms with Gasteiger partial charge in [0.05, 0.1) is 20.7 Å². The maximum absolute atomic E-state index is 13.3. The van der Waals surface area contributed by atoms with Crippen LogP contribution >= 0.6 is 46.4 Å². The number of halogens is 4. The minimum Gasteiger partial charge on any atom is -0.432 e. The van der Waals surface area contributed by atoms with Gasteiger partial charge >= 0.3 is 5.97 Å². The fourth-order valence-corrected chi connectivity index (χ4v) is 3.64. The zero-order valence-corrected chi connectivity index (χ0v) is 16.9. The van der Waals surface area contributed by atoms with Crippen molar-refractivity contribution >= 4 is 63.9 Å². The summed E-state index contributed by atoms with van der Waals surface area (Å²) in [7, 11) is 0. The molecule has 0 saturated carbocycles. The molecule has 4 nitrogen and oxygen atoms in total. The molecule has 8 heteroatoms. The molecule has 1 atom stereocenters. The van der Waals surface area contributed by atoms with Crippen LogP contribution in [0.15, 0.2) is 80.8 Å². The van der Waals surface area contributed by atoms with Crippen LogP contribution in [0.3, 0.4) is 0 Å². The lowest BCUT2D eigenvalue weighted by Gasteiger charge is -2.33. The van der Waals surface area contributed by atoms with E-state index in [1.165, 1.54) is 24.3 Å². The van der Waals surface area contributed by atoms with E-state index in [-0.39, 0.29) is 21.2 Å². The molecule has 0 amide bonds. The third-order valence-corrected chi connectivity index (χ3v) is 5.88. The molecule has 2 aromatic carbocycles. The van der Waals surface area contributed by atoms with Crippen molar-refractivity contribution < 1.29 is 19.1 Å². The molecule has 0 aliphatic heterocycles. The Morgan fingerprint density at radius 1 is 0.714 bits per heavy atom. The van der Waals surface area contributed by atoms with Crippen LogP contribution < -0.4 is 0 Å². The number of Topliss-reactive ketones (excluding diaryl/α,β-unsaturated/α-hetero) is 2. The smallest absolute Gasteiger partial charge is 0.339 e. The zero-order chi connectivity index (χ0) is 20.5. The minimum absolute atomic E-state index is 0.0711. The molecule has 0 radical (unpaired) electrons. The predicted octanol–water partition coefficient (Wildman–Crippen LogP) is 5.43. The number of esters is 1. The average molecular weight is 456 g/mol. The summed E-state index contributed by atoms with van der Waals surface area (Å²) in [4.78, 5) is 39.0. The van der Waals surface area contributed by atoms with E-state index < -0.39 is 33.2 Å². The summed E-state index contributed by atoms with van der Waals surface area (Å²) in [6.45, 7) is 0. The fourth-order valence-electron chi connectivity index (χ4n) is 2.61. The van der Waals surface area contributed by atoms with Gasteiger partial charge in [-0.25, -0.2) is 4.79 Å². The van der Waals surface area contributed by atoms with Crippen LogP contribution in [0, 0.1) is 0 Å². The normalized spacial score (nSPS) is 19.6. The van der Waals surface area contributed by atoms with Crippen molar-refractivity contribution in [1.29, 1.82) is 0 Å². The van der Waals surface area contributed by atoms with E-state index in [0.29, 0.717) is 0 Å². The largest absolute Gasteiger partial charge is 0.432 e. The Morgan fingerprint density at radius 2 is 1.21 bits per heavy atom. The molecule has 0 N–H and O–H groups in total. The van der Waals surface area contributed by atoms with E-state index in [1.54, 1.807) is 36.4 Å². The Bertz CT molecular complexity index is 1030. The monoisotopic (exact) mass is 454 g/mol. The molecule has 0 aromatic heterocycles. The zero-order valence-electron chi connectivity index (χ0n) is 13.9. The Labute approximate surface area is 180 Å². The molecule has 0 saturated heterocycles. The average Bonchev–Trinajstić information content (AvgIpc) is 2.74. The maximum Gasteiger partial charge on any atom is 0.339 e. The standard InChI is InChI=1S/C20H10Cl4O4/c21-13-14(22)16(24)20(18(26)15(13)23,17(25)11-7-3-1-4-8-11)28-19(27)12-9-5-2-6-10-12/h1-10H. The summed E-state index contributed by atoms with van der Waals surface area (Å²) in [5, 5.41) is -1.77. The summed E-state index contributed by atoms with van der Waals surface area (Å²) < 4.78 is 5.41. The predicted molar refractivity (Wildman–Crippen MR) is 108 cm³/mol. The number of hydrogen-bond acceptors (Lipinski definition) is 4. The Kier molecular flexibility index (Phi) is 5.96. The van der Waals surface area contributed by atoms with Gasteiger partial charge < -0.3 is 4.74 Å². The van der Waals surface area contributed by atoms with Gasteiger partial charge in [-0.15, -0.1) is 0 Å². The van der Waals surface area contributed by atoms with Crippen LogP contribution in [0.4, 0.5) is 0 Å². The number of hydrogen-bond donors (Lipinski definition) is 0. The number of allylic oxidation sites excluding steroid dienone is 2. The first kappa shape index (κ1) is 20.6. The Morgan fingerprint density at radius 3 is 1.75 bits per heavy atom. The number of carbonyl (C=O) groups excluding carboxylic acids is 3. The van der Waals surface area contributed by atoms with E-state index in [1.807, 2.05) is 0 Å². The molecular weight excluding hydrogens is 446 g/mol. The van der Waals surface area contributed by atoms with Crippen LogP contribution in [0.5, 0.6) is 0 Å². The SMILES string of the molecule is O=C(OC1(C(=O)c2ccccc2)C(=O)C(Cl)=C(Cl)C(Cl)=C1Cl)c1ccccc1. The maximum atomic E-state index is 13.3. The van der Waals surface area contributed by atoms with Gasteiger partial charge in [0.1, 0.15) is 5.03 Å². The van der Waals surface area contributed by atoms with Crippen LogP contribution in [-0.4, -0.2) is 23.1 Å². The van der Waals surface area contributed by atoms with Crippen molar-refractivity contribution in [3.05, 3.63) is 91.9 Å². The molecule has 0 bridgehead atoms. The van der Waals surface area contributed by atoms with E-state index in [4.69, 9.17) is 51.1 Å². The van der Waals surface area contributed by atoms with Gasteiger partial charge in [0.15, 0.2) is 0 Å². The van der Waals surface area contributed by atoms with Crippen molar-refractivity contribution in [2.75, 3.05) is 0 Å². The molecule has 142 valence electrons. The lowest BCUT2D eigenvalue weighted by molar-refractivity contribution is -0.126. The van der Waals surface area contributed by atoms with Gasteiger partial charge in [0.25, 0.3) is 5.60 Å². The van der Waals surface area contributed by atoms with E-state index >= 15 is 0 Å². The second kappa shape index (κ2) is 8.10. The highest BCUT2D eigenvalue weighted by molar-refractivity contribution is 6.60. The van der Waals surface area contributed by atoms with Crippen molar-refractivity contribution in [2.45, 2.75) is 5.60 Å². The van der Waals surface area contributed by atoms with E-state index in [0.717, 1.165) is 0 Å². The van der Waals surface area contributed by atoms with Gasteiger partial charge in [0, 0.05) is 5.56 Å². The molecule has 3 rings (SSSR count). The molecule has 28 heavy (non-hydrogen) atoms. The lowest BCUT2D eigenvalue weighted by atomic mass is 9.84. The molecule has 2 aromatic rings. The Balaban J connectivity index is 2.19. The van der Waals surface area contributed by atoms with Gasteiger partial charge in [-0.05, 0) is 12.1 Å². The van der Waals surface area contributed by atoms with Crippen molar-refractivity contribution in [1.82, 2.24) is 0 Å². The highest BCUT2D eigenvalue weighted by atomic mass is 35.5. The number of ether oxygens (including phenoxy) is 1. The van der Waals surface area contributed by atoms with Crippen molar-refractivity contribution in [2.24, 2.45) is 0 Å². The third-order valence-electron chi connectivity index (χ3n) is 4.02. The quantitative estimate of drug-likeness (QED) is 0.350. The highest BCUT2D eigenvalue weighted by Crippen LogP contribution is 2.45. The van der Waals surface area contributed by atoms with Crippen LogP contribution in [0.1, 0.15) is 20.7 Å². The van der Waals surface area contributed by atoms with Crippen LogP contribution in [0.2, 0.25) is 0 Å². The summed E-state index contributed by atoms with van der Waals surface area (Å²) in [6, 6.07) is 15.5. The van der Waals surface area contributed by atoms with E-state index in [2.05, 4.69) is 0 Å². The molecule has 1 aliphatic rings. The lowest BCUT2D eigenvalue weighted by Crippen LogP contribution is -2.53. The van der Waals surface area contributed by atoms with Gasteiger partial charge in [-0.2, -0.15) is 0 Å². The van der Waals surface area contributed by atoms with Crippen LogP contribution in [0.25, 0.3) is 0 Å². The number of benzene rings is 2. The third kappa shape index (κ3) is 3.38. The van der Waals surface area contributed by atoms with E-state index in [9.17, 15) is 14.4 Å². The van der Waals surface area contributed by atoms with Crippen molar-refractivity contribution in [3.8, 4) is 0 Å². The Hall–Kier alpha value is -2.11. The molecule has 0 spiro atoms. The highest BCUT2D eigenvalue weighted by Gasteiger charge is 2.57. The second-order valence-electron chi connectivity index (χ2n) is 5.72. The first-order chi connectivity index (χ1) is 13.3. The summed E-state index contributed by atoms with van der Waals surface area (Å²) in [5.41, 5.74) is -2.41. The van der Waals surface area contributed by atoms with Gasteiger partial charge in [-0.3, -0.25) is 9.59 Å². The molecule has 0 heterocycles. The summed E-state index contributed by atoms with van der Waals surface area (Å²) in [6.07, 6.45) is 0.